The summed E-state index contributed by atoms with van der Waals surface area (Å²) in [4.78, 5) is 21.3. The van der Waals surface area contributed by atoms with Gasteiger partial charge in [0.1, 0.15) is 0 Å². The summed E-state index contributed by atoms with van der Waals surface area (Å²) >= 11 is 0. The van der Waals surface area contributed by atoms with Crippen molar-refractivity contribution < 1.29 is 89.3 Å². The van der Waals surface area contributed by atoms with Gasteiger partial charge in [0.2, 0.25) is 0 Å². The molecule has 0 radical (unpaired) electrons. The van der Waals surface area contributed by atoms with Crippen LogP contribution in [0.5, 0.6) is 0 Å². The minimum Gasteiger partial charge on any atom is -1.00 e. The summed E-state index contributed by atoms with van der Waals surface area (Å²) in [6, 6.07) is 0. The van der Waals surface area contributed by atoms with Gasteiger partial charge in [-0.15, -0.1) is 0 Å². The fraction of sp³-hybridized carbons (Fsp3) is 0.833. The topological polar surface area (TPSA) is 97.7 Å². The molecule has 0 aliphatic heterocycles. The summed E-state index contributed by atoms with van der Waals surface area (Å²) in [5.41, 5.74) is 0. The Morgan fingerprint density at radius 3 is 2.05 bits per heavy atom. The molecule has 9 heteroatoms. The van der Waals surface area contributed by atoms with Crippen LogP contribution in [0, 0.1) is 0 Å². The monoisotopic (exact) mass is 342 g/mol. The zero-order chi connectivity index (χ0) is 14.7. The van der Waals surface area contributed by atoms with Crippen molar-refractivity contribution in [2.24, 2.45) is 0 Å². The predicted octanol–water partition coefficient (Wildman–Crippen LogP) is -3.68. The van der Waals surface area contributed by atoms with E-state index in [1.165, 1.54) is 0 Å². The minimum absolute atomic E-state index is 0. The molecule has 0 aliphatic rings. The number of carboxylic acid groups (broad SMARTS) is 1. The Balaban J connectivity index is -0.000000270. The van der Waals surface area contributed by atoms with Crippen LogP contribution in [0.2, 0.25) is 0 Å². The van der Waals surface area contributed by atoms with Crippen LogP contribution in [-0.2, 0) is 23.9 Å². The van der Waals surface area contributed by atoms with Gasteiger partial charge in [-0.3, -0.25) is 9.59 Å². The third kappa shape index (κ3) is 18.8. The first-order valence-electron chi connectivity index (χ1n) is 6.54. The van der Waals surface area contributed by atoms with Gasteiger partial charge in [-0.1, -0.05) is 39.0 Å². The van der Waals surface area contributed by atoms with Crippen molar-refractivity contribution >= 4 is 22.1 Å². The van der Waals surface area contributed by atoms with Crippen molar-refractivity contribution in [2.45, 2.75) is 58.3 Å². The van der Waals surface area contributed by atoms with E-state index in [-0.39, 0.29) is 67.7 Å². The molecule has 0 aliphatic carbocycles. The number of aliphatic carboxylic acids is 1. The smallest absolute Gasteiger partial charge is 1.00 e. The Morgan fingerprint density at radius 1 is 1.00 bits per heavy atom. The Labute approximate surface area is 174 Å². The molecule has 21 heavy (non-hydrogen) atoms. The van der Waals surface area contributed by atoms with Gasteiger partial charge >= 0.3 is 81.2 Å². The second-order valence-electron chi connectivity index (χ2n) is 4.38. The van der Waals surface area contributed by atoms with Crippen LogP contribution < -0.4 is 59.1 Å². The molecule has 0 aromatic rings. The van der Waals surface area contributed by atoms with Crippen LogP contribution in [0.15, 0.2) is 0 Å². The molecule has 0 spiro atoms. The van der Waals surface area contributed by atoms with E-state index in [9.17, 15) is 18.0 Å². The van der Waals surface area contributed by atoms with E-state index in [1.807, 2.05) is 0 Å². The Morgan fingerprint density at radius 2 is 1.52 bits per heavy atom. The number of carboxylic acids is 1. The maximum Gasteiger partial charge on any atom is 1.00 e. The number of unbranched alkanes of at least 4 members (excludes halogenated alkanes) is 5. The summed E-state index contributed by atoms with van der Waals surface area (Å²) in [6.45, 7) is 2.10. The minimum atomic E-state index is -3.86. The first kappa shape index (κ1) is 26.8. The number of hydrogen-bond donors (Lipinski definition) is 1. The van der Waals surface area contributed by atoms with Gasteiger partial charge in [0.15, 0.2) is 0 Å². The van der Waals surface area contributed by atoms with Gasteiger partial charge in [0.25, 0.3) is 0 Å². The molecule has 0 aromatic heterocycles. The average Bonchev–Trinajstić information content (AvgIpc) is 2.30. The normalized spacial score (nSPS) is 10.1. The van der Waals surface area contributed by atoms with E-state index in [2.05, 4.69) is 11.1 Å². The summed E-state index contributed by atoms with van der Waals surface area (Å²) < 4.78 is 27.1. The van der Waals surface area contributed by atoms with Gasteiger partial charge < -0.3 is 12.1 Å². The molecule has 0 saturated heterocycles. The van der Waals surface area contributed by atoms with Crippen LogP contribution in [0.3, 0.4) is 0 Å². The molecular weight excluding hydrogens is 318 g/mol. The molecule has 0 fully saturated rings. The van der Waals surface area contributed by atoms with E-state index >= 15 is 0 Å². The Bertz CT molecular complexity index is 393. The van der Waals surface area contributed by atoms with Crippen LogP contribution in [-0.4, -0.2) is 31.2 Å². The maximum atomic E-state index is 11.4. The van der Waals surface area contributed by atoms with E-state index in [0.717, 1.165) is 32.1 Å². The first-order chi connectivity index (χ1) is 8.87. The van der Waals surface area contributed by atoms with Gasteiger partial charge in [-0.25, -0.2) is 0 Å². The maximum absolute atomic E-state index is 11.4. The van der Waals surface area contributed by atoms with Gasteiger partial charge in [-0.2, -0.15) is 8.42 Å². The van der Waals surface area contributed by atoms with Crippen molar-refractivity contribution in [1.29, 1.82) is 0 Å². The molecule has 0 aromatic carbocycles. The molecule has 0 saturated carbocycles. The molecule has 116 valence electrons. The molecule has 0 amide bonds. The van der Waals surface area contributed by atoms with Crippen molar-refractivity contribution in [3.8, 4) is 0 Å². The predicted molar refractivity (Wildman–Crippen MR) is 72.3 cm³/mol. The second kappa shape index (κ2) is 15.8. The zero-order valence-corrected chi connectivity index (χ0v) is 18.1. The summed E-state index contributed by atoms with van der Waals surface area (Å²) in [5.74, 6) is -2.36. The van der Waals surface area contributed by atoms with E-state index in [4.69, 9.17) is 5.11 Å². The third-order valence-electron chi connectivity index (χ3n) is 2.51. The van der Waals surface area contributed by atoms with Crippen molar-refractivity contribution in [2.75, 3.05) is 5.75 Å². The van der Waals surface area contributed by atoms with E-state index < -0.39 is 34.9 Å². The fourth-order valence-electron chi connectivity index (χ4n) is 1.49. The summed E-state index contributed by atoms with van der Waals surface area (Å²) in [7, 11) is -3.86. The quantitative estimate of drug-likeness (QED) is 0.236. The largest absolute Gasteiger partial charge is 1.00 e. The van der Waals surface area contributed by atoms with Crippen LogP contribution in [0.25, 0.3) is 0 Å². The van der Waals surface area contributed by atoms with Crippen molar-refractivity contribution in [1.82, 2.24) is 0 Å². The SMILES string of the molecule is CCCCCCCCS(=O)(=O)OC(=O)CCC(=O)O.[H-].[H-].[Na+].[Na+]. The standard InChI is InChI=1S/C12H22O6S.2Na.2H/c1-2-3-4-5-6-7-10-19(16,17)18-12(15)9-8-11(13)14;;;;/h2-10H2,1H3,(H,13,14);;;;/q;2*+1;2*-1. The Hall–Kier alpha value is 0.890. The van der Waals surface area contributed by atoms with Crippen LogP contribution >= 0.6 is 0 Å². The Kier molecular flexibility index (Phi) is 20.1. The number of hydrogen-bond acceptors (Lipinski definition) is 5. The summed E-state index contributed by atoms with van der Waals surface area (Å²) in [6.07, 6.45) is 4.70. The first-order valence-corrected chi connectivity index (χ1v) is 8.12. The average molecular weight is 342 g/mol. The number of carbonyl (C=O) groups excluding carboxylic acids is 1. The molecule has 0 heterocycles. The van der Waals surface area contributed by atoms with Gasteiger partial charge in [-0.05, 0) is 6.42 Å². The molecule has 0 atom stereocenters. The van der Waals surface area contributed by atoms with Crippen molar-refractivity contribution in [3.63, 3.8) is 0 Å². The second-order valence-corrected chi connectivity index (χ2v) is 6.07. The molecule has 0 unspecified atom stereocenters. The van der Waals surface area contributed by atoms with Gasteiger partial charge in [0, 0.05) is 0 Å². The van der Waals surface area contributed by atoms with E-state index in [0.29, 0.717) is 6.42 Å². The molecule has 0 bridgehead atoms. The number of rotatable bonds is 11. The molecule has 0 rings (SSSR count). The zero-order valence-electron chi connectivity index (χ0n) is 15.3. The molecule has 6 nitrogen and oxygen atoms in total. The van der Waals surface area contributed by atoms with Crippen LogP contribution in [0.4, 0.5) is 0 Å². The summed E-state index contributed by atoms with van der Waals surface area (Å²) in [5, 5.41) is 8.35. The van der Waals surface area contributed by atoms with Crippen LogP contribution in [0.1, 0.15) is 61.1 Å². The molecule has 1 N–H and O–H groups in total. The van der Waals surface area contributed by atoms with E-state index in [1.54, 1.807) is 0 Å². The third-order valence-corrected chi connectivity index (χ3v) is 3.74. The fourth-order valence-corrected chi connectivity index (χ4v) is 2.50. The number of carbonyl (C=O) groups is 2. The van der Waals surface area contributed by atoms with Gasteiger partial charge in [0.05, 0.1) is 18.6 Å². The van der Waals surface area contributed by atoms with Crippen molar-refractivity contribution in [3.05, 3.63) is 0 Å². The molecular formula is C12H24Na2O6S.